The second kappa shape index (κ2) is 6.06. The van der Waals surface area contributed by atoms with Crippen LogP contribution in [0.5, 0.6) is 5.75 Å². The highest BCUT2D eigenvalue weighted by atomic mass is 16.5. The van der Waals surface area contributed by atoms with E-state index in [0.717, 1.165) is 11.3 Å². The van der Waals surface area contributed by atoms with Gasteiger partial charge in [-0.15, -0.1) is 0 Å². The number of hydrogen-bond acceptors (Lipinski definition) is 3. The molecule has 1 amide bonds. The molecule has 4 nitrogen and oxygen atoms in total. The minimum atomic E-state index is -0.493. The van der Waals surface area contributed by atoms with Crippen LogP contribution < -0.4 is 10.1 Å². The van der Waals surface area contributed by atoms with E-state index < -0.39 is 12.2 Å². The number of hydrogen-bond donors (Lipinski definition) is 2. The first-order chi connectivity index (χ1) is 9.06. The number of fused-ring (bicyclic) bond motifs is 1. The van der Waals surface area contributed by atoms with E-state index in [0.29, 0.717) is 18.8 Å². The molecule has 0 aromatic heterocycles. The van der Waals surface area contributed by atoms with E-state index in [4.69, 9.17) is 4.74 Å². The zero-order valence-corrected chi connectivity index (χ0v) is 11.4. The smallest absolute Gasteiger partial charge is 0.261 e. The molecule has 0 bridgehead atoms. The number of benzene rings is 1. The van der Waals surface area contributed by atoms with E-state index in [-0.39, 0.29) is 12.5 Å². The van der Waals surface area contributed by atoms with E-state index in [1.54, 1.807) is 0 Å². The molecule has 104 valence electrons. The largest absolute Gasteiger partial charge is 0.480 e. The third-order valence-corrected chi connectivity index (χ3v) is 3.19. The fraction of sp³-hybridized carbons (Fsp3) is 0.533. The predicted molar refractivity (Wildman–Crippen MR) is 73.0 cm³/mol. The quantitative estimate of drug-likeness (QED) is 0.846. The lowest BCUT2D eigenvalue weighted by molar-refractivity contribution is -0.127. The van der Waals surface area contributed by atoms with Crippen LogP contribution in [-0.4, -0.2) is 29.8 Å². The molecule has 0 saturated carbocycles. The van der Waals surface area contributed by atoms with Gasteiger partial charge in [-0.3, -0.25) is 4.79 Å². The summed E-state index contributed by atoms with van der Waals surface area (Å²) in [6.07, 6.45) is 0.324. The van der Waals surface area contributed by atoms with E-state index in [2.05, 4.69) is 5.32 Å². The SMILES string of the molecule is CC(C)CC(O)CNC(=O)C1Cc2ccccc2O1. The van der Waals surface area contributed by atoms with Crippen LogP contribution in [0.1, 0.15) is 25.8 Å². The van der Waals surface area contributed by atoms with Crippen molar-refractivity contribution >= 4 is 5.91 Å². The molecular weight excluding hydrogens is 242 g/mol. The molecule has 0 saturated heterocycles. The average molecular weight is 263 g/mol. The first kappa shape index (κ1) is 13.9. The number of rotatable bonds is 5. The Bertz CT molecular complexity index is 420. The normalized spacial score (nSPS) is 18.8. The molecule has 0 fully saturated rings. The van der Waals surface area contributed by atoms with E-state index in [1.807, 2.05) is 38.1 Å². The topological polar surface area (TPSA) is 58.6 Å². The van der Waals surface area contributed by atoms with Crippen molar-refractivity contribution in [3.8, 4) is 5.75 Å². The van der Waals surface area contributed by atoms with Gasteiger partial charge < -0.3 is 15.2 Å². The van der Waals surface area contributed by atoms with Gasteiger partial charge in [-0.2, -0.15) is 0 Å². The van der Waals surface area contributed by atoms with Crippen LogP contribution in [0, 0.1) is 5.92 Å². The molecule has 2 unspecified atom stereocenters. The molecule has 19 heavy (non-hydrogen) atoms. The molecule has 1 aliphatic heterocycles. The summed E-state index contributed by atoms with van der Waals surface area (Å²) in [4.78, 5) is 12.0. The Morgan fingerprint density at radius 2 is 2.21 bits per heavy atom. The molecular formula is C15H21NO3. The van der Waals surface area contributed by atoms with E-state index in [1.165, 1.54) is 0 Å². The first-order valence-electron chi connectivity index (χ1n) is 6.76. The van der Waals surface area contributed by atoms with Crippen molar-refractivity contribution in [2.75, 3.05) is 6.54 Å². The van der Waals surface area contributed by atoms with Crippen LogP contribution in [0.4, 0.5) is 0 Å². The zero-order valence-electron chi connectivity index (χ0n) is 11.4. The number of para-hydroxylation sites is 1. The minimum Gasteiger partial charge on any atom is -0.480 e. The molecule has 2 rings (SSSR count). The van der Waals surface area contributed by atoms with Gasteiger partial charge in [0.1, 0.15) is 5.75 Å². The highest BCUT2D eigenvalue weighted by Crippen LogP contribution is 2.28. The Labute approximate surface area is 113 Å². The van der Waals surface area contributed by atoms with Gasteiger partial charge in [0.05, 0.1) is 6.10 Å². The highest BCUT2D eigenvalue weighted by Gasteiger charge is 2.28. The lowest BCUT2D eigenvalue weighted by Gasteiger charge is -2.16. The summed E-state index contributed by atoms with van der Waals surface area (Å²) in [6.45, 7) is 4.37. The number of ether oxygens (including phenoxy) is 1. The molecule has 0 radical (unpaired) electrons. The molecule has 1 aromatic carbocycles. The Hall–Kier alpha value is -1.55. The maximum absolute atomic E-state index is 12.0. The van der Waals surface area contributed by atoms with Crippen LogP contribution in [0.3, 0.4) is 0 Å². The van der Waals surface area contributed by atoms with Crippen molar-refractivity contribution in [2.45, 2.75) is 38.9 Å². The number of carbonyl (C=O) groups excluding carboxylic acids is 1. The lowest BCUT2D eigenvalue weighted by atomic mass is 10.1. The summed E-state index contributed by atoms with van der Waals surface area (Å²) in [5, 5.41) is 12.5. The third-order valence-electron chi connectivity index (χ3n) is 3.19. The van der Waals surface area contributed by atoms with Crippen LogP contribution in [0.25, 0.3) is 0 Å². The summed E-state index contributed by atoms with van der Waals surface area (Å²) in [6, 6.07) is 7.67. The molecule has 1 heterocycles. The number of aliphatic hydroxyl groups excluding tert-OH is 1. The zero-order chi connectivity index (χ0) is 13.8. The Morgan fingerprint density at radius 3 is 2.89 bits per heavy atom. The van der Waals surface area contributed by atoms with Gasteiger partial charge in [0.15, 0.2) is 6.10 Å². The number of amides is 1. The average Bonchev–Trinajstić information content (AvgIpc) is 2.78. The number of carbonyl (C=O) groups is 1. The summed E-state index contributed by atoms with van der Waals surface area (Å²) >= 11 is 0. The third kappa shape index (κ3) is 3.70. The molecule has 2 N–H and O–H groups in total. The van der Waals surface area contributed by atoms with Crippen molar-refractivity contribution in [1.29, 1.82) is 0 Å². The van der Waals surface area contributed by atoms with Gasteiger partial charge in [0.2, 0.25) is 0 Å². The molecule has 1 aromatic rings. The van der Waals surface area contributed by atoms with Gasteiger partial charge in [0, 0.05) is 13.0 Å². The Morgan fingerprint density at radius 1 is 1.47 bits per heavy atom. The summed E-state index contributed by atoms with van der Waals surface area (Å²) < 4.78 is 5.59. The summed E-state index contributed by atoms with van der Waals surface area (Å²) in [7, 11) is 0. The second-order valence-corrected chi connectivity index (χ2v) is 5.45. The monoisotopic (exact) mass is 263 g/mol. The van der Waals surface area contributed by atoms with Crippen molar-refractivity contribution < 1.29 is 14.6 Å². The lowest BCUT2D eigenvalue weighted by Crippen LogP contribution is -2.41. The van der Waals surface area contributed by atoms with Crippen molar-refractivity contribution in [1.82, 2.24) is 5.32 Å². The molecule has 0 spiro atoms. The predicted octanol–water partition coefficient (Wildman–Crippen LogP) is 1.51. The van der Waals surface area contributed by atoms with Crippen LogP contribution in [0.15, 0.2) is 24.3 Å². The summed E-state index contributed by atoms with van der Waals surface area (Å²) in [5.41, 5.74) is 1.06. The number of aliphatic hydroxyl groups is 1. The van der Waals surface area contributed by atoms with Gasteiger partial charge in [0.25, 0.3) is 5.91 Å². The standard InChI is InChI=1S/C15H21NO3/c1-10(2)7-12(17)9-16-15(18)14-8-11-5-3-4-6-13(11)19-14/h3-6,10,12,14,17H,7-9H2,1-2H3,(H,16,18). The van der Waals surface area contributed by atoms with Crippen molar-refractivity contribution in [2.24, 2.45) is 5.92 Å². The first-order valence-corrected chi connectivity index (χ1v) is 6.76. The van der Waals surface area contributed by atoms with Crippen molar-refractivity contribution in [3.63, 3.8) is 0 Å². The maximum Gasteiger partial charge on any atom is 0.261 e. The van der Waals surface area contributed by atoms with Crippen LogP contribution in [-0.2, 0) is 11.2 Å². The van der Waals surface area contributed by atoms with Crippen molar-refractivity contribution in [3.05, 3.63) is 29.8 Å². The van der Waals surface area contributed by atoms with E-state index in [9.17, 15) is 9.90 Å². The fourth-order valence-electron chi connectivity index (χ4n) is 2.29. The molecule has 2 atom stereocenters. The van der Waals surface area contributed by atoms with Gasteiger partial charge in [-0.1, -0.05) is 32.0 Å². The Kier molecular flexibility index (Phi) is 4.43. The Balaban J connectivity index is 1.80. The summed E-state index contributed by atoms with van der Waals surface area (Å²) in [5.74, 6) is 1.04. The van der Waals surface area contributed by atoms with Crippen LogP contribution >= 0.6 is 0 Å². The highest BCUT2D eigenvalue weighted by molar-refractivity contribution is 5.82. The van der Waals surface area contributed by atoms with E-state index >= 15 is 0 Å². The number of nitrogens with one attached hydrogen (secondary N) is 1. The van der Waals surface area contributed by atoms with Gasteiger partial charge >= 0.3 is 0 Å². The minimum absolute atomic E-state index is 0.154. The van der Waals surface area contributed by atoms with Gasteiger partial charge in [-0.25, -0.2) is 0 Å². The molecule has 4 heteroatoms. The molecule has 1 aliphatic rings. The van der Waals surface area contributed by atoms with Gasteiger partial charge in [-0.05, 0) is 24.0 Å². The maximum atomic E-state index is 12.0. The molecule has 0 aliphatic carbocycles. The second-order valence-electron chi connectivity index (χ2n) is 5.45. The van der Waals surface area contributed by atoms with Crippen LogP contribution in [0.2, 0.25) is 0 Å². The fourth-order valence-corrected chi connectivity index (χ4v) is 2.29.